The summed E-state index contributed by atoms with van der Waals surface area (Å²) in [5, 5.41) is 12.5. The molecule has 2 unspecified atom stereocenters. The fourth-order valence-electron chi connectivity index (χ4n) is 1.34. The van der Waals surface area contributed by atoms with Crippen LogP contribution in [-0.4, -0.2) is 24.3 Å². The molecule has 10 heavy (non-hydrogen) atoms. The van der Waals surface area contributed by atoms with Crippen molar-refractivity contribution in [3.05, 3.63) is 0 Å². The van der Waals surface area contributed by atoms with Crippen molar-refractivity contribution in [3.63, 3.8) is 0 Å². The van der Waals surface area contributed by atoms with Crippen molar-refractivity contribution in [2.24, 2.45) is 5.92 Å². The Morgan fingerprint density at radius 1 is 1.70 bits per heavy atom. The Hall–Kier alpha value is 0.210. The van der Waals surface area contributed by atoms with Gasteiger partial charge in [-0.25, -0.2) is 0 Å². The van der Waals surface area contributed by atoms with Gasteiger partial charge in [0, 0.05) is 6.54 Å². The minimum atomic E-state index is -0.0694. The van der Waals surface area contributed by atoms with Crippen LogP contribution in [0.2, 0.25) is 0 Å². The molecule has 1 rings (SSSR count). The molecule has 2 nitrogen and oxygen atoms in total. The molecule has 1 saturated heterocycles. The van der Waals surface area contributed by atoms with Gasteiger partial charge < -0.3 is 10.4 Å². The van der Waals surface area contributed by atoms with E-state index in [1.54, 1.807) is 0 Å². The predicted molar refractivity (Wildman–Crippen MR) is 44.5 cm³/mol. The second kappa shape index (κ2) is 4.94. The molecule has 3 heteroatoms. The molecular weight excluding hydrogens is 150 g/mol. The molecule has 0 spiro atoms. The Kier molecular flexibility index (Phi) is 5.04. The van der Waals surface area contributed by atoms with Gasteiger partial charge in [-0.1, -0.05) is 6.92 Å². The van der Waals surface area contributed by atoms with Gasteiger partial charge >= 0.3 is 0 Å². The highest BCUT2D eigenvalue weighted by Gasteiger charge is 2.20. The SMILES string of the molecule is CCC(O)C1CCNC1.Cl. The van der Waals surface area contributed by atoms with Gasteiger partial charge in [0.2, 0.25) is 0 Å². The molecule has 62 valence electrons. The van der Waals surface area contributed by atoms with Crippen LogP contribution in [0.25, 0.3) is 0 Å². The zero-order chi connectivity index (χ0) is 6.69. The van der Waals surface area contributed by atoms with Crippen LogP contribution in [0.5, 0.6) is 0 Å². The smallest absolute Gasteiger partial charge is 0.0578 e. The van der Waals surface area contributed by atoms with Crippen LogP contribution in [0.4, 0.5) is 0 Å². The fourth-order valence-corrected chi connectivity index (χ4v) is 1.34. The fraction of sp³-hybridized carbons (Fsp3) is 1.00. The maximum absolute atomic E-state index is 9.32. The Balaban J connectivity index is 0.000000810. The predicted octanol–water partition coefficient (Wildman–Crippen LogP) is 0.789. The number of hydrogen-bond acceptors (Lipinski definition) is 2. The second-order valence-electron chi connectivity index (χ2n) is 2.73. The summed E-state index contributed by atoms with van der Waals surface area (Å²) < 4.78 is 0. The van der Waals surface area contributed by atoms with E-state index in [0.29, 0.717) is 5.92 Å². The summed E-state index contributed by atoms with van der Waals surface area (Å²) in [7, 11) is 0. The molecule has 1 aliphatic rings. The molecule has 0 aromatic carbocycles. The van der Waals surface area contributed by atoms with E-state index in [1.165, 1.54) is 0 Å². The van der Waals surface area contributed by atoms with Gasteiger partial charge in [0.05, 0.1) is 6.10 Å². The van der Waals surface area contributed by atoms with Crippen LogP contribution in [0.1, 0.15) is 19.8 Å². The van der Waals surface area contributed by atoms with E-state index in [1.807, 2.05) is 6.92 Å². The average molecular weight is 166 g/mol. The first-order valence-electron chi connectivity index (χ1n) is 3.73. The van der Waals surface area contributed by atoms with Crippen LogP contribution >= 0.6 is 12.4 Å². The topological polar surface area (TPSA) is 32.3 Å². The van der Waals surface area contributed by atoms with Crippen molar-refractivity contribution in [1.29, 1.82) is 0 Å². The molecule has 0 amide bonds. The van der Waals surface area contributed by atoms with Crippen molar-refractivity contribution in [1.82, 2.24) is 5.32 Å². The number of aliphatic hydroxyl groups is 1. The van der Waals surface area contributed by atoms with Gasteiger partial charge in [-0.15, -0.1) is 12.4 Å². The summed E-state index contributed by atoms with van der Waals surface area (Å²) in [4.78, 5) is 0. The molecule has 1 fully saturated rings. The zero-order valence-corrected chi connectivity index (χ0v) is 7.16. The minimum absolute atomic E-state index is 0. The van der Waals surface area contributed by atoms with Crippen molar-refractivity contribution in [2.45, 2.75) is 25.9 Å². The lowest BCUT2D eigenvalue weighted by molar-refractivity contribution is 0.113. The van der Waals surface area contributed by atoms with Crippen molar-refractivity contribution in [3.8, 4) is 0 Å². The summed E-state index contributed by atoms with van der Waals surface area (Å²) in [6.07, 6.45) is 1.97. The molecule has 0 aliphatic carbocycles. The first kappa shape index (κ1) is 10.2. The molecule has 0 bridgehead atoms. The molecule has 0 radical (unpaired) electrons. The standard InChI is InChI=1S/C7H15NO.ClH/c1-2-7(9)6-3-4-8-5-6;/h6-9H,2-5H2,1H3;1H. The van der Waals surface area contributed by atoms with Gasteiger partial charge in [-0.3, -0.25) is 0 Å². The van der Waals surface area contributed by atoms with Gasteiger partial charge in [-0.2, -0.15) is 0 Å². The lowest BCUT2D eigenvalue weighted by Gasteiger charge is -2.13. The lowest BCUT2D eigenvalue weighted by Crippen LogP contribution is -2.21. The van der Waals surface area contributed by atoms with E-state index < -0.39 is 0 Å². The Morgan fingerprint density at radius 2 is 2.40 bits per heavy atom. The van der Waals surface area contributed by atoms with Crippen molar-refractivity contribution < 1.29 is 5.11 Å². The molecule has 2 N–H and O–H groups in total. The third-order valence-electron chi connectivity index (χ3n) is 2.06. The van der Waals surface area contributed by atoms with Gasteiger partial charge in [0.15, 0.2) is 0 Å². The Morgan fingerprint density at radius 3 is 2.80 bits per heavy atom. The number of hydrogen-bond donors (Lipinski definition) is 2. The van der Waals surface area contributed by atoms with Crippen LogP contribution in [0.15, 0.2) is 0 Å². The van der Waals surface area contributed by atoms with Crippen molar-refractivity contribution >= 4 is 12.4 Å². The monoisotopic (exact) mass is 165 g/mol. The van der Waals surface area contributed by atoms with Crippen LogP contribution < -0.4 is 5.32 Å². The molecular formula is C7H16ClNO. The highest BCUT2D eigenvalue weighted by molar-refractivity contribution is 5.85. The Labute approximate surface area is 68.4 Å². The minimum Gasteiger partial charge on any atom is -0.393 e. The maximum Gasteiger partial charge on any atom is 0.0578 e. The van der Waals surface area contributed by atoms with Crippen LogP contribution in [-0.2, 0) is 0 Å². The number of nitrogens with one attached hydrogen (secondary N) is 1. The van der Waals surface area contributed by atoms with E-state index in [4.69, 9.17) is 0 Å². The van der Waals surface area contributed by atoms with Crippen molar-refractivity contribution in [2.75, 3.05) is 13.1 Å². The molecule has 0 saturated carbocycles. The summed E-state index contributed by atoms with van der Waals surface area (Å²) in [6.45, 7) is 4.12. The third kappa shape index (κ3) is 2.45. The third-order valence-corrected chi connectivity index (χ3v) is 2.06. The maximum atomic E-state index is 9.32. The lowest BCUT2D eigenvalue weighted by atomic mass is 10.0. The van der Waals surface area contributed by atoms with E-state index >= 15 is 0 Å². The highest BCUT2D eigenvalue weighted by atomic mass is 35.5. The number of rotatable bonds is 2. The molecule has 0 aromatic heterocycles. The second-order valence-corrected chi connectivity index (χ2v) is 2.73. The summed E-state index contributed by atoms with van der Waals surface area (Å²) in [5.74, 6) is 0.523. The normalized spacial score (nSPS) is 27.6. The van der Waals surface area contributed by atoms with Crippen LogP contribution in [0, 0.1) is 5.92 Å². The summed E-state index contributed by atoms with van der Waals surface area (Å²) in [5.41, 5.74) is 0. The van der Waals surface area contributed by atoms with E-state index in [2.05, 4.69) is 5.32 Å². The first-order chi connectivity index (χ1) is 4.34. The number of halogens is 1. The highest BCUT2D eigenvalue weighted by Crippen LogP contribution is 2.14. The van der Waals surface area contributed by atoms with Gasteiger partial charge in [0.1, 0.15) is 0 Å². The van der Waals surface area contributed by atoms with Gasteiger partial charge in [-0.05, 0) is 25.3 Å². The largest absolute Gasteiger partial charge is 0.393 e. The van der Waals surface area contributed by atoms with Crippen LogP contribution in [0.3, 0.4) is 0 Å². The van der Waals surface area contributed by atoms with E-state index in [0.717, 1.165) is 25.9 Å². The summed E-state index contributed by atoms with van der Waals surface area (Å²) in [6, 6.07) is 0. The van der Waals surface area contributed by atoms with E-state index in [9.17, 15) is 5.11 Å². The first-order valence-corrected chi connectivity index (χ1v) is 3.73. The average Bonchev–Trinajstić information content (AvgIpc) is 2.37. The quantitative estimate of drug-likeness (QED) is 0.634. The Bertz CT molecular complexity index is 83.7. The summed E-state index contributed by atoms with van der Waals surface area (Å²) >= 11 is 0. The van der Waals surface area contributed by atoms with Gasteiger partial charge in [0.25, 0.3) is 0 Å². The molecule has 1 aliphatic heterocycles. The number of aliphatic hydroxyl groups excluding tert-OH is 1. The molecule has 0 aromatic rings. The molecule has 2 atom stereocenters. The zero-order valence-electron chi connectivity index (χ0n) is 6.34. The molecule has 1 heterocycles. The van der Waals surface area contributed by atoms with E-state index in [-0.39, 0.29) is 18.5 Å².